The molecule has 4 unspecified atom stereocenters. The third-order valence-electron chi connectivity index (χ3n) is 6.08. The minimum absolute atomic E-state index is 0.0669. The van der Waals surface area contributed by atoms with E-state index in [1.165, 1.54) is 12.3 Å². The minimum Gasteiger partial charge on any atom is -0.464 e. The van der Waals surface area contributed by atoms with Crippen molar-refractivity contribution in [2.45, 2.75) is 50.7 Å². The number of nitrogens with one attached hydrogen (secondary N) is 3. The summed E-state index contributed by atoms with van der Waals surface area (Å²) in [7, 11) is 0. The molecule has 2 bridgehead atoms. The molecule has 162 valence electrons. The van der Waals surface area contributed by atoms with Crippen molar-refractivity contribution in [3.05, 3.63) is 47.5 Å². The third kappa shape index (κ3) is 4.47. The normalized spacial score (nSPS) is 22.7. The summed E-state index contributed by atoms with van der Waals surface area (Å²) in [5.74, 6) is -0.255. The Morgan fingerprint density at radius 1 is 1.35 bits per heavy atom. The molecule has 2 amide bonds. The van der Waals surface area contributed by atoms with Crippen LogP contribution in [0.4, 0.5) is 4.39 Å². The van der Waals surface area contributed by atoms with Gasteiger partial charge in [-0.15, -0.1) is 0 Å². The number of piperidine rings is 1. The first-order valence-corrected chi connectivity index (χ1v) is 10.6. The Labute approximate surface area is 180 Å². The lowest BCUT2D eigenvalue weighted by Gasteiger charge is -2.23. The molecule has 3 N–H and O–H groups in total. The number of hydrogen-bond donors (Lipinski definition) is 3. The number of fused-ring (bicyclic) bond motifs is 2. The Hall–Kier alpha value is -3.18. The van der Waals surface area contributed by atoms with Gasteiger partial charge in [0, 0.05) is 24.6 Å². The van der Waals surface area contributed by atoms with Crippen molar-refractivity contribution in [3.63, 3.8) is 0 Å². The molecule has 1 aromatic carbocycles. The van der Waals surface area contributed by atoms with Crippen molar-refractivity contribution in [2.24, 2.45) is 5.92 Å². The largest absolute Gasteiger partial charge is 0.464 e. The number of carbonyl (C=O) groups is 2. The third-order valence-corrected chi connectivity index (χ3v) is 6.08. The molecule has 1 aliphatic heterocycles. The van der Waals surface area contributed by atoms with Crippen molar-refractivity contribution in [1.29, 1.82) is 5.26 Å². The van der Waals surface area contributed by atoms with E-state index in [4.69, 9.17) is 4.42 Å². The summed E-state index contributed by atoms with van der Waals surface area (Å²) in [6, 6.07) is 7.48. The number of halogens is 1. The summed E-state index contributed by atoms with van der Waals surface area (Å²) in [6.07, 6.45) is 4.51. The molecule has 4 atom stereocenters. The SMILES string of the molecule is CCNC(=O)c1coc(-c2ccc(CC(C#N)NC(=O)C3NC4CCC3C4)c(F)c2)c1. The first kappa shape index (κ1) is 21.1. The Morgan fingerprint density at radius 3 is 2.84 bits per heavy atom. The molecule has 0 spiro atoms. The van der Waals surface area contributed by atoms with E-state index >= 15 is 0 Å². The van der Waals surface area contributed by atoms with Gasteiger partial charge in [-0.05, 0) is 49.8 Å². The molecule has 4 rings (SSSR count). The smallest absolute Gasteiger partial charge is 0.254 e. The predicted molar refractivity (Wildman–Crippen MR) is 111 cm³/mol. The maximum atomic E-state index is 14.7. The topological polar surface area (TPSA) is 107 Å². The lowest BCUT2D eigenvalue weighted by atomic mass is 9.98. The fourth-order valence-corrected chi connectivity index (χ4v) is 4.50. The van der Waals surface area contributed by atoms with Crippen LogP contribution in [0.25, 0.3) is 11.3 Å². The second kappa shape index (κ2) is 8.90. The van der Waals surface area contributed by atoms with E-state index in [2.05, 4.69) is 22.0 Å². The standard InChI is InChI=1S/C23H25FN4O3/c1-2-26-22(29)16-10-20(31-12-16)14-4-3-13(19(24)9-14)7-18(11-25)28-23(30)21-15-5-6-17(8-15)27-21/h3-4,9-10,12,15,17-18,21,27H,2,5-8H2,1H3,(H,26,29)(H,28,30). The zero-order valence-corrected chi connectivity index (χ0v) is 17.3. The highest BCUT2D eigenvalue weighted by atomic mass is 19.1. The van der Waals surface area contributed by atoms with Crippen LogP contribution in [-0.4, -0.2) is 36.5 Å². The van der Waals surface area contributed by atoms with Crippen LogP contribution in [0.5, 0.6) is 0 Å². The van der Waals surface area contributed by atoms with E-state index in [-0.39, 0.29) is 24.3 Å². The van der Waals surface area contributed by atoms with Crippen molar-refractivity contribution in [2.75, 3.05) is 6.54 Å². The number of rotatable bonds is 7. The lowest BCUT2D eigenvalue weighted by Crippen LogP contribution is -2.50. The van der Waals surface area contributed by atoms with Gasteiger partial charge in [0.2, 0.25) is 5.91 Å². The number of hydrogen-bond acceptors (Lipinski definition) is 5. The van der Waals surface area contributed by atoms with Gasteiger partial charge in [-0.1, -0.05) is 12.1 Å². The van der Waals surface area contributed by atoms with Gasteiger partial charge in [-0.2, -0.15) is 5.26 Å². The molecule has 1 saturated carbocycles. The number of furan rings is 1. The van der Waals surface area contributed by atoms with Crippen LogP contribution < -0.4 is 16.0 Å². The van der Waals surface area contributed by atoms with Crippen molar-refractivity contribution in [3.8, 4) is 17.4 Å². The highest BCUT2D eigenvalue weighted by molar-refractivity contribution is 5.94. The molecule has 8 heteroatoms. The van der Waals surface area contributed by atoms with Gasteiger partial charge in [0.25, 0.3) is 5.91 Å². The highest BCUT2D eigenvalue weighted by Crippen LogP contribution is 2.35. The van der Waals surface area contributed by atoms with Crippen LogP contribution in [0.3, 0.4) is 0 Å². The van der Waals surface area contributed by atoms with Crippen molar-refractivity contribution >= 4 is 11.8 Å². The van der Waals surface area contributed by atoms with Gasteiger partial charge in [0.05, 0.1) is 17.7 Å². The Kier molecular flexibility index (Phi) is 6.05. The average molecular weight is 424 g/mol. The van der Waals surface area contributed by atoms with Crippen LogP contribution in [0.2, 0.25) is 0 Å². The van der Waals surface area contributed by atoms with E-state index in [1.54, 1.807) is 18.2 Å². The quantitative estimate of drug-likeness (QED) is 0.633. The summed E-state index contributed by atoms with van der Waals surface area (Å²) in [5, 5.41) is 18.2. The lowest BCUT2D eigenvalue weighted by molar-refractivity contribution is -0.124. The fourth-order valence-electron chi connectivity index (χ4n) is 4.50. The van der Waals surface area contributed by atoms with Crippen LogP contribution in [0, 0.1) is 23.1 Å². The maximum Gasteiger partial charge on any atom is 0.254 e. The monoisotopic (exact) mass is 424 g/mol. The molecular weight excluding hydrogens is 399 g/mol. The Morgan fingerprint density at radius 2 is 2.19 bits per heavy atom. The summed E-state index contributed by atoms with van der Waals surface area (Å²) >= 11 is 0. The first-order valence-electron chi connectivity index (χ1n) is 10.6. The average Bonchev–Trinajstić information content (AvgIpc) is 3.51. The number of nitrogens with zero attached hydrogens (tertiary/aromatic N) is 1. The van der Waals surface area contributed by atoms with Gasteiger partial charge < -0.3 is 20.4 Å². The van der Waals surface area contributed by atoms with Gasteiger partial charge in [-0.25, -0.2) is 4.39 Å². The van der Waals surface area contributed by atoms with E-state index in [0.29, 0.717) is 41.0 Å². The van der Waals surface area contributed by atoms with Gasteiger partial charge in [0.15, 0.2) is 0 Å². The van der Waals surface area contributed by atoms with E-state index in [0.717, 1.165) is 19.3 Å². The molecule has 2 aromatic rings. The second-order valence-corrected chi connectivity index (χ2v) is 8.17. The molecule has 2 aliphatic rings. The van der Waals surface area contributed by atoms with Crippen LogP contribution in [-0.2, 0) is 11.2 Å². The molecule has 7 nitrogen and oxygen atoms in total. The van der Waals surface area contributed by atoms with Crippen LogP contribution >= 0.6 is 0 Å². The first-order chi connectivity index (χ1) is 15.0. The highest BCUT2D eigenvalue weighted by Gasteiger charge is 2.43. The van der Waals surface area contributed by atoms with E-state index in [1.807, 2.05) is 6.92 Å². The molecule has 1 aromatic heterocycles. The van der Waals surface area contributed by atoms with E-state index < -0.39 is 11.9 Å². The van der Waals surface area contributed by atoms with Crippen LogP contribution in [0.1, 0.15) is 42.1 Å². The molecular formula is C23H25FN4O3. The number of nitriles is 1. The minimum atomic E-state index is -0.818. The Bertz CT molecular complexity index is 1030. The van der Waals surface area contributed by atoms with Crippen LogP contribution in [0.15, 0.2) is 34.9 Å². The van der Waals surface area contributed by atoms with Crippen molar-refractivity contribution < 1.29 is 18.4 Å². The number of benzene rings is 1. The molecule has 2 fully saturated rings. The number of amides is 2. The van der Waals surface area contributed by atoms with Crippen molar-refractivity contribution in [1.82, 2.24) is 16.0 Å². The summed E-state index contributed by atoms with van der Waals surface area (Å²) in [4.78, 5) is 24.4. The fraction of sp³-hybridized carbons (Fsp3) is 0.435. The van der Waals surface area contributed by atoms with Gasteiger partial charge in [0.1, 0.15) is 23.9 Å². The van der Waals surface area contributed by atoms with E-state index in [9.17, 15) is 19.2 Å². The molecule has 0 radical (unpaired) electrons. The summed E-state index contributed by atoms with van der Waals surface area (Å²) < 4.78 is 20.1. The molecule has 1 aliphatic carbocycles. The summed E-state index contributed by atoms with van der Waals surface area (Å²) in [5.41, 5.74) is 1.18. The second-order valence-electron chi connectivity index (χ2n) is 8.17. The zero-order chi connectivity index (χ0) is 22.0. The van der Waals surface area contributed by atoms with Gasteiger partial charge in [-0.3, -0.25) is 9.59 Å². The predicted octanol–water partition coefficient (Wildman–Crippen LogP) is 2.53. The molecule has 31 heavy (non-hydrogen) atoms. The maximum absolute atomic E-state index is 14.7. The van der Waals surface area contributed by atoms with Gasteiger partial charge >= 0.3 is 0 Å². The number of carbonyl (C=O) groups excluding carboxylic acids is 2. The summed E-state index contributed by atoms with van der Waals surface area (Å²) in [6.45, 7) is 2.32. The molecule has 2 heterocycles. The zero-order valence-electron chi connectivity index (χ0n) is 17.3. The Balaban J connectivity index is 1.41. The molecule has 1 saturated heterocycles.